The Bertz CT molecular complexity index is 1050. The molecule has 148 valence electrons. The topological polar surface area (TPSA) is 84.3 Å². The zero-order chi connectivity index (χ0) is 21.0. The van der Waals surface area contributed by atoms with E-state index in [0.29, 0.717) is 16.4 Å². The lowest BCUT2D eigenvalue weighted by Crippen LogP contribution is -2.14. The molecule has 0 fully saturated rings. The normalized spacial score (nSPS) is 11.6. The van der Waals surface area contributed by atoms with Crippen molar-refractivity contribution in [3.8, 4) is 0 Å². The fourth-order valence-electron chi connectivity index (χ4n) is 2.93. The highest BCUT2D eigenvalue weighted by molar-refractivity contribution is 6.31. The molecule has 0 aliphatic carbocycles. The molecule has 0 radical (unpaired) electrons. The Morgan fingerprint density at radius 2 is 1.76 bits per heavy atom. The highest BCUT2D eigenvalue weighted by atomic mass is 35.5. The molecule has 6 nitrogen and oxygen atoms in total. The number of halogens is 1. The third-order valence-corrected chi connectivity index (χ3v) is 4.81. The Balaban J connectivity index is 1.84. The van der Waals surface area contributed by atoms with Crippen LogP contribution >= 0.6 is 11.6 Å². The summed E-state index contributed by atoms with van der Waals surface area (Å²) in [4.78, 5) is 23.7. The molecule has 29 heavy (non-hydrogen) atoms. The van der Waals surface area contributed by atoms with Crippen molar-refractivity contribution in [1.29, 1.82) is 0 Å². The van der Waals surface area contributed by atoms with Gasteiger partial charge in [-0.2, -0.15) is 0 Å². The van der Waals surface area contributed by atoms with Crippen LogP contribution in [0.2, 0.25) is 5.02 Å². The number of nitro groups is 1. The van der Waals surface area contributed by atoms with Crippen LogP contribution in [0.1, 0.15) is 34.5 Å². The number of benzene rings is 3. The van der Waals surface area contributed by atoms with Crippen LogP contribution in [0.3, 0.4) is 0 Å². The van der Waals surface area contributed by atoms with Crippen molar-refractivity contribution >= 4 is 34.6 Å². The van der Waals surface area contributed by atoms with Gasteiger partial charge in [-0.05, 0) is 49.2 Å². The van der Waals surface area contributed by atoms with E-state index in [4.69, 9.17) is 11.6 Å². The SMILES string of the molecule is Cc1ccc(Cl)cc1NC(=O)c1ccc(NC(C)c2ccccc2)c([N+](=O)[O-])c1. The van der Waals surface area contributed by atoms with Crippen LogP contribution in [0, 0.1) is 17.0 Å². The van der Waals surface area contributed by atoms with E-state index in [2.05, 4.69) is 10.6 Å². The Labute approximate surface area is 173 Å². The molecule has 1 atom stereocenters. The predicted molar refractivity (Wildman–Crippen MR) is 116 cm³/mol. The first-order valence-electron chi connectivity index (χ1n) is 9.02. The van der Waals surface area contributed by atoms with E-state index in [-0.39, 0.29) is 17.3 Å². The third kappa shape index (κ3) is 4.92. The first-order chi connectivity index (χ1) is 13.8. The van der Waals surface area contributed by atoms with Gasteiger partial charge in [-0.1, -0.05) is 48.0 Å². The van der Waals surface area contributed by atoms with Crippen LogP contribution in [0.4, 0.5) is 17.1 Å². The first kappa shape index (κ1) is 20.4. The van der Waals surface area contributed by atoms with E-state index < -0.39 is 10.8 Å². The first-order valence-corrected chi connectivity index (χ1v) is 9.40. The summed E-state index contributed by atoms with van der Waals surface area (Å²) in [5.41, 5.74) is 2.77. The molecule has 0 spiro atoms. The summed E-state index contributed by atoms with van der Waals surface area (Å²) >= 11 is 5.98. The van der Waals surface area contributed by atoms with Crippen molar-refractivity contribution in [3.63, 3.8) is 0 Å². The van der Waals surface area contributed by atoms with Crippen LogP contribution in [0.15, 0.2) is 66.7 Å². The minimum absolute atomic E-state index is 0.135. The maximum Gasteiger partial charge on any atom is 0.293 e. The smallest absolute Gasteiger partial charge is 0.293 e. The van der Waals surface area contributed by atoms with Crippen LogP contribution < -0.4 is 10.6 Å². The third-order valence-electron chi connectivity index (χ3n) is 4.58. The molecule has 3 rings (SSSR count). The zero-order valence-electron chi connectivity index (χ0n) is 16.0. The van der Waals surface area contributed by atoms with Crippen molar-refractivity contribution in [2.24, 2.45) is 0 Å². The molecule has 0 saturated heterocycles. The molecule has 0 bridgehead atoms. The number of hydrogen-bond donors (Lipinski definition) is 2. The Morgan fingerprint density at radius 3 is 2.45 bits per heavy atom. The quantitative estimate of drug-likeness (QED) is 0.387. The molecule has 2 N–H and O–H groups in total. The van der Waals surface area contributed by atoms with Gasteiger partial charge in [0.1, 0.15) is 5.69 Å². The highest BCUT2D eigenvalue weighted by Crippen LogP contribution is 2.30. The molecule has 1 unspecified atom stereocenters. The van der Waals surface area contributed by atoms with Gasteiger partial charge < -0.3 is 10.6 Å². The number of nitro benzene ring substituents is 1. The summed E-state index contributed by atoms with van der Waals surface area (Å²) in [5.74, 6) is -0.443. The minimum atomic E-state index is -0.499. The predicted octanol–water partition coefficient (Wildman–Crippen LogP) is 5.98. The molecule has 7 heteroatoms. The van der Waals surface area contributed by atoms with Gasteiger partial charge in [0.25, 0.3) is 11.6 Å². The number of hydrogen-bond acceptors (Lipinski definition) is 4. The number of nitrogens with zero attached hydrogens (tertiary/aromatic N) is 1. The Hall–Kier alpha value is -3.38. The summed E-state index contributed by atoms with van der Waals surface area (Å²) < 4.78 is 0. The summed E-state index contributed by atoms with van der Waals surface area (Å²) in [7, 11) is 0. The average molecular weight is 410 g/mol. The van der Waals surface area contributed by atoms with E-state index in [1.165, 1.54) is 6.07 Å². The number of carbonyl (C=O) groups is 1. The molecule has 0 aliphatic heterocycles. The standard InChI is InChI=1S/C22H20ClN3O3/c1-14-8-10-18(23)13-20(14)25-22(27)17-9-11-19(21(12-17)26(28)29)24-15(2)16-6-4-3-5-7-16/h3-13,15,24H,1-2H3,(H,25,27). The monoisotopic (exact) mass is 409 g/mol. The maximum atomic E-state index is 12.6. The van der Waals surface area contributed by atoms with Crippen molar-refractivity contribution in [1.82, 2.24) is 0 Å². The van der Waals surface area contributed by atoms with E-state index in [1.807, 2.05) is 44.2 Å². The second-order valence-corrected chi connectivity index (χ2v) is 7.12. The highest BCUT2D eigenvalue weighted by Gasteiger charge is 2.19. The van der Waals surface area contributed by atoms with Crippen LogP contribution in [-0.2, 0) is 0 Å². The second kappa shape index (κ2) is 8.75. The van der Waals surface area contributed by atoms with Crippen molar-refractivity contribution in [3.05, 3.63) is 98.6 Å². The van der Waals surface area contributed by atoms with Gasteiger partial charge in [-0.25, -0.2) is 0 Å². The lowest BCUT2D eigenvalue weighted by atomic mass is 10.1. The molecular weight excluding hydrogens is 390 g/mol. The van der Waals surface area contributed by atoms with Crippen molar-refractivity contribution in [2.45, 2.75) is 19.9 Å². The van der Waals surface area contributed by atoms with E-state index in [1.54, 1.807) is 30.3 Å². The van der Waals surface area contributed by atoms with Crippen molar-refractivity contribution < 1.29 is 9.72 Å². The Kier molecular flexibility index (Phi) is 6.14. The number of amides is 1. The van der Waals surface area contributed by atoms with Gasteiger partial charge in [-0.15, -0.1) is 0 Å². The molecule has 1 amide bonds. The molecule has 0 saturated carbocycles. The average Bonchev–Trinajstić information content (AvgIpc) is 2.71. The van der Waals surface area contributed by atoms with Gasteiger partial charge in [0.15, 0.2) is 0 Å². The number of aryl methyl sites for hydroxylation is 1. The van der Waals surface area contributed by atoms with Crippen LogP contribution in [0.5, 0.6) is 0 Å². The van der Waals surface area contributed by atoms with Gasteiger partial charge in [0.2, 0.25) is 0 Å². The fraction of sp³-hybridized carbons (Fsp3) is 0.136. The van der Waals surface area contributed by atoms with Gasteiger partial charge in [0, 0.05) is 28.4 Å². The minimum Gasteiger partial charge on any atom is -0.373 e. The van der Waals surface area contributed by atoms with Crippen LogP contribution in [-0.4, -0.2) is 10.8 Å². The number of nitrogens with one attached hydrogen (secondary N) is 2. The number of carbonyl (C=O) groups excluding carboxylic acids is 1. The van der Waals surface area contributed by atoms with E-state index in [9.17, 15) is 14.9 Å². The summed E-state index contributed by atoms with van der Waals surface area (Å²) in [6, 6.07) is 19.0. The van der Waals surface area contributed by atoms with Crippen LogP contribution in [0.25, 0.3) is 0 Å². The summed E-state index contributed by atoms with van der Waals surface area (Å²) in [5, 5.41) is 18.0. The van der Waals surface area contributed by atoms with E-state index in [0.717, 1.165) is 11.1 Å². The maximum absolute atomic E-state index is 12.6. The van der Waals surface area contributed by atoms with Crippen molar-refractivity contribution in [2.75, 3.05) is 10.6 Å². The molecule has 0 aromatic heterocycles. The lowest BCUT2D eigenvalue weighted by Gasteiger charge is -2.16. The molecule has 0 heterocycles. The summed E-state index contributed by atoms with van der Waals surface area (Å²) in [6.45, 7) is 3.76. The largest absolute Gasteiger partial charge is 0.373 e. The number of rotatable bonds is 6. The second-order valence-electron chi connectivity index (χ2n) is 6.68. The Morgan fingerprint density at radius 1 is 1.03 bits per heavy atom. The fourth-order valence-corrected chi connectivity index (χ4v) is 3.10. The number of anilines is 2. The zero-order valence-corrected chi connectivity index (χ0v) is 16.7. The molecule has 3 aromatic rings. The molecule has 3 aromatic carbocycles. The van der Waals surface area contributed by atoms with E-state index >= 15 is 0 Å². The van der Waals surface area contributed by atoms with Gasteiger partial charge >= 0.3 is 0 Å². The molecular formula is C22H20ClN3O3. The molecule has 0 aliphatic rings. The van der Waals surface area contributed by atoms with Gasteiger partial charge in [0.05, 0.1) is 4.92 Å². The van der Waals surface area contributed by atoms with Gasteiger partial charge in [-0.3, -0.25) is 14.9 Å². The lowest BCUT2D eigenvalue weighted by molar-refractivity contribution is -0.384. The summed E-state index contributed by atoms with van der Waals surface area (Å²) in [6.07, 6.45) is 0.